The van der Waals surface area contributed by atoms with E-state index < -0.39 is 9.84 Å². The first-order chi connectivity index (χ1) is 11.7. The minimum atomic E-state index is -3.01. The van der Waals surface area contributed by atoms with Crippen LogP contribution in [0, 0.1) is 13.8 Å². The van der Waals surface area contributed by atoms with Crippen LogP contribution >= 0.6 is 23.1 Å². The Labute approximate surface area is 156 Å². The van der Waals surface area contributed by atoms with Gasteiger partial charge in [0, 0.05) is 23.4 Å². The summed E-state index contributed by atoms with van der Waals surface area (Å²) >= 11 is 3.04. The van der Waals surface area contributed by atoms with E-state index in [-0.39, 0.29) is 28.7 Å². The highest BCUT2D eigenvalue weighted by atomic mass is 32.2. The number of aryl methyl sites for hydroxylation is 2. The van der Waals surface area contributed by atoms with E-state index in [0.29, 0.717) is 6.42 Å². The molecule has 1 saturated heterocycles. The number of amides is 1. The van der Waals surface area contributed by atoms with E-state index in [4.69, 9.17) is 0 Å². The van der Waals surface area contributed by atoms with E-state index in [9.17, 15) is 13.2 Å². The van der Waals surface area contributed by atoms with Gasteiger partial charge in [-0.05, 0) is 32.8 Å². The molecule has 2 aromatic rings. The van der Waals surface area contributed by atoms with Gasteiger partial charge in [-0.2, -0.15) is 0 Å². The Morgan fingerprint density at radius 3 is 2.76 bits per heavy atom. The Hall–Kier alpha value is -1.19. The molecular formula is C16H21N3O3S3. The van der Waals surface area contributed by atoms with E-state index >= 15 is 0 Å². The monoisotopic (exact) mass is 399 g/mol. The van der Waals surface area contributed by atoms with Crippen LogP contribution in [0.2, 0.25) is 0 Å². The van der Waals surface area contributed by atoms with Crippen molar-refractivity contribution in [2.45, 2.75) is 43.5 Å². The lowest BCUT2D eigenvalue weighted by atomic mass is 10.2. The lowest BCUT2D eigenvalue weighted by Gasteiger charge is -2.26. The van der Waals surface area contributed by atoms with Gasteiger partial charge in [-0.15, -0.1) is 11.3 Å². The van der Waals surface area contributed by atoms with E-state index in [1.54, 1.807) is 23.3 Å². The Morgan fingerprint density at radius 1 is 1.40 bits per heavy atom. The molecule has 1 aliphatic heterocycles. The van der Waals surface area contributed by atoms with Crippen molar-refractivity contribution in [1.82, 2.24) is 14.9 Å². The van der Waals surface area contributed by atoms with E-state index in [2.05, 4.69) is 16.9 Å². The molecule has 1 aliphatic rings. The molecule has 0 radical (unpaired) electrons. The zero-order valence-electron chi connectivity index (χ0n) is 14.6. The molecule has 0 spiro atoms. The summed E-state index contributed by atoms with van der Waals surface area (Å²) in [6, 6.07) is -0.226. The molecule has 0 unspecified atom stereocenters. The van der Waals surface area contributed by atoms with Crippen molar-refractivity contribution >= 4 is 49.1 Å². The van der Waals surface area contributed by atoms with Crippen molar-refractivity contribution in [2.24, 2.45) is 0 Å². The molecule has 0 N–H and O–H groups in total. The fraction of sp³-hybridized carbons (Fsp3) is 0.562. The zero-order chi connectivity index (χ0) is 18.4. The molecule has 1 amide bonds. The number of thiophene rings is 1. The summed E-state index contributed by atoms with van der Waals surface area (Å²) in [4.78, 5) is 25.2. The second kappa shape index (κ2) is 6.85. The lowest BCUT2D eigenvalue weighted by molar-refractivity contribution is -0.130. The summed E-state index contributed by atoms with van der Waals surface area (Å²) in [5.41, 5.74) is 1.15. The highest BCUT2D eigenvalue weighted by Crippen LogP contribution is 2.36. The number of hydrogen-bond acceptors (Lipinski definition) is 7. The molecule has 0 aliphatic carbocycles. The second-order valence-electron chi connectivity index (χ2n) is 6.41. The van der Waals surface area contributed by atoms with Crippen molar-refractivity contribution in [3.63, 3.8) is 0 Å². The zero-order valence-corrected chi connectivity index (χ0v) is 17.1. The lowest BCUT2D eigenvalue weighted by Crippen LogP contribution is -2.41. The molecule has 25 heavy (non-hydrogen) atoms. The minimum absolute atomic E-state index is 0.0627. The van der Waals surface area contributed by atoms with Crippen LogP contribution < -0.4 is 0 Å². The van der Waals surface area contributed by atoms with Crippen LogP contribution in [0.4, 0.5) is 0 Å². The number of rotatable bonds is 4. The van der Waals surface area contributed by atoms with Crippen LogP contribution in [0.3, 0.4) is 0 Å². The molecule has 3 heterocycles. The van der Waals surface area contributed by atoms with E-state index in [1.165, 1.54) is 23.0 Å². The number of fused-ring (bicyclic) bond motifs is 1. The maximum atomic E-state index is 12.7. The molecule has 2 atom stereocenters. The number of sulfone groups is 1. The highest BCUT2D eigenvalue weighted by Gasteiger charge is 2.34. The Balaban J connectivity index is 1.78. The summed E-state index contributed by atoms with van der Waals surface area (Å²) in [7, 11) is -1.32. The van der Waals surface area contributed by atoms with E-state index in [1.807, 2.05) is 13.8 Å². The Morgan fingerprint density at radius 2 is 2.12 bits per heavy atom. The first kappa shape index (κ1) is 18.6. The van der Waals surface area contributed by atoms with Gasteiger partial charge in [0.25, 0.3) is 0 Å². The number of nitrogens with zero attached hydrogens (tertiary/aromatic N) is 3. The van der Waals surface area contributed by atoms with Crippen molar-refractivity contribution < 1.29 is 13.2 Å². The first-order valence-corrected chi connectivity index (χ1v) is 11.6. The third-order valence-corrected chi connectivity index (χ3v) is 8.62. The fourth-order valence-corrected chi connectivity index (χ4v) is 6.92. The van der Waals surface area contributed by atoms with Crippen LogP contribution in [-0.4, -0.2) is 59.0 Å². The van der Waals surface area contributed by atoms with Gasteiger partial charge in [0.15, 0.2) is 9.84 Å². The molecule has 6 nitrogen and oxygen atoms in total. The quantitative estimate of drug-likeness (QED) is 0.580. The van der Waals surface area contributed by atoms with Gasteiger partial charge in [0.05, 0.1) is 16.8 Å². The third kappa shape index (κ3) is 3.68. The summed E-state index contributed by atoms with van der Waals surface area (Å²) < 4.78 is 23.3. The molecule has 0 saturated carbocycles. The Kier molecular flexibility index (Phi) is 5.09. The highest BCUT2D eigenvalue weighted by molar-refractivity contribution is 8.00. The molecule has 1 fully saturated rings. The Bertz CT molecular complexity index is 923. The van der Waals surface area contributed by atoms with Crippen molar-refractivity contribution in [2.75, 3.05) is 18.6 Å². The number of carbonyl (C=O) groups is 1. The SMILES string of the molecule is Cc1sc2ncnc(S[C@H](C)C(=O)N(C)[C@H]3CCS(=O)(=O)C3)c2c1C. The van der Waals surface area contributed by atoms with Gasteiger partial charge in [0.2, 0.25) is 5.91 Å². The second-order valence-corrected chi connectivity index (χ2v) is 11.2. The average Bonchev–Trinajstić information content (AvgIpc) is 3.06. The van der Waals surface area contributed by atoms with Gasteiger partial charge in [-0.1, -0.05) is 11.8 Å². The molecule has 0 bridgehead atoms. The van der Waals surface area contributed by atoms with Crippen LogP contribution in [0.5, 0.6) is 0 Å². The fourth-order valence-electron chi connectivity index (χ4n) is 3.00. The van der Waals surface area contributed by atoms with Crippen molar-refractivity contribution in [3.05, 3.63) is 16.8 Å². The summed E-state index contributed by atoms with van der Waals surface area (Å²) in [6.07, 6.45) is 2.05. The standard InChI is InChI=1S/C16H21N3O3S3/c1-9-10(2)23-14-13(9)15(18-8-17-14)24-11(3)16(20)19(4)12-5-6-25(21,22)7-12/h8,11-12H,5-7H2,1-4H3/t11-,12+/m1/s1. The molecule has 0 aromatic carbocycles. The van der Waals surface area contributed by atoms with Gasteiger partial charge in [-0.25, -0.2) is 18.4 Å². The summed E-state index contributed by atoms with van der Waals surface area (Å²) in [5.74, 6) is 0.160. The maximum absolute atomic E-state index is 12.7. The predicted octanol–water partition coefficient (Wildman–Crippen LogP) is 2.43. The van der Waals surface area contributed by atoms with Gasteiger partial charge < -0.3 is 4.90 Å². The number of thioether (sulfide) groups is 1. The molecule has 2 aromatic heterocycles. The molecule has 3 rings (SSSR count). The van der Waals surface area contributed by atoms with Gasteiger partial charge in [0.1, 0.15) is 16.2 Å². The van der Waals surface area contributed by atoms with E-state index in [0.717, 1.165) is 20.8 Å². The minimum Gasteiger partial charge on any atom is -0.341 e. The molecule has 9 heteroatoms. The van der Waals surface area contributed by atoms with Gasteiger partial charge in [-0.3, -0.25) is 4.79 Å². The maximum Gasteiger partial charge on any atom is 0.235 e. The number of aromatic nitrogens is 2. The largest absolute Gasteiger partial charge is 0.341 e. The topological polar surface area (TPSA) is 80.2 Å². The molecular weight excluding hydrogens is 378 g/mol. The van der Waals surface area contributed by atoms with Crippen LogP contribution in [0.15, 0.2) is 11.4 Å². The van der Waals surface area contributed by atoms with Crippen LogP contribution in [0.25, 0.3) is 10.2 Å². The van der Waals surface area contributed by atoms with Crippen molar-refractivity contribution in [1.29, 1.82) is 0 Å². The third-order valence-electron chi connectivity index (χ3n) is 4.67. The summed E-state index contributed by atoms with van der Waals surface area (Å²) in [6.45, 7) is 5.94. The summed E-state index contributed by atoms with van der Waals surface area (Å²) in [5, 5.41) is 1.48. The van der Waals surface area contributed by atoms with Gasteiger partial charge >= 0.3 is 0 Å². The van der Waals surface area contributed by atoms with Crippen LogP contribution in [0.1, 0.15) is 23.8 Å². The van der Waals surface area contributed by atoms with Crippen LogP contribution in [-0.2, 0) is 14.6 Å². The number of hydrogen-bond donors (Lipinski definition) is 0. The predicted molar refractivity (Wildman–Crippen MR) is 102 cm³/mol. The van der Waals surface area contributed by atoms with Crippen molar-refractivity contribution in [3.8, 4) is 0 Å². The normalized spacial score (nSPS) is 20.7. The molecule has 136 valence electrons. The smallest absolute Gasteiger partial charge is 0.235 e. The first-order valence-electron chi connectivity index (χ1n) is 8.04. The average molecular weight is 400 g/mol. The number of carbonyl (C=O) groups excluding carboxylic acids is 1.